The Hall–Kier alpha value is -0.210. The number of thiazole rings is 1. The second-order valence-corrected chi connectivity index (χ2v) is 8.34. The van der Waals surface area contributed by atoms with Crippen molar-refractivity contribution in [2.75, 3.05) is 26.7 Å². The Morgan fingerprint density at radius 2 is 2.10 bits per heavy atom. The highest BCUT2D eigenvalue weighted by atomic mass is 35.5. The van der Waals surface area contributed by atoms with Gasteiger partial charge in [0.2, 0.25) is 0 Å². The summed E-state index contributed by atoms with van der Waals surface area (Å²) in [5.74, 6) is 0.641. The summed E-state index contributed by atoms with van der Waals surface area (Å²) in [4.78, 5) is 4.04. The van der Waals surface area contributed by atoms with Crippen molar-refractivity contribution in [2.24, 2.45) is 5.92 Å². The van der Waals surface area contributed by atoms with E-state index in [-0.39, 0.29) is 12.4 Å². The molecule has 0 saturated carbocycles. The Bertz CT molecular complexity index is 511. The fourth-order valence-corrected chi connectivity index (χ4v) is 5.11. The van der Waals surface area contributed by atoms with Gasteiger partial charge in [-0.05, 0) is 45.7 Å². The van der Waals surface area contributed by atoms with Crippen LogP contribution in [0.2, 0.25) is 0 Å². The molecule has 1 aliphatic rings. The summed E-state index contributed by atoms with van der Waals surface area (Å²) in [6.45, 7) is 4.10. The van der Waals surface area contributed by atoms with E-state index in [0.29, 0.717) is 23.2 Å². The summed E-state index contributed by atoms with van der Waals surface area (Å²) in [6, 6.07) is 0. The van der Waals surface area contributed by atoms with Crippen LogP contribution in [0.4, 0.5) is 0 Å². The van der Waals surface area contributed by atoms with E-state index in [9.17, 15) is 8.42 Å². The van der Waals surface area contributed by atoms with Crippen molar-refractivity contribution in [2.45, 2.75) is 30.4 Å². The lowest BCUT2D eigenvalue weighted by molar-refractivity contribution is 0.263. The summed E-state index contributed by atoms with van der Waals surface area (Å²) < 4.78 is 26.8. The monoisotopic (exact) mass is 339 g/mol. The van der Waals surface area contributed by atoms with Crippen LogP contribution in [0.15, 0.2) is 10.4 Å². The molecular formula is C12H22ClN3O2S2. The van der Waals surface area contributed by atoms with Crippen molar-refractivity contribution in [1.82, 2.24) is 14.6 Å². The van der Waals surface area contributed by atoms with Crippen LogP contribution in [0.3, 0.4) is 0 Å². The van der Waals surface area contributed by atoms with Gasteiger partial charge < -0.3 is 5.32 Å². The summed E-state index contributed by atoms with van der Waals surface area (Å²) in [5, 5.41) is 3.94. The first-order valence-electron chi connectivity index (χ1n) is 6.61. The molecule has 0 amide bonds. The number of rotatable bonds is 5. The van der Waals surface area contributed by atoms with Crippen molar-refractivity contribution < 1.29 is 8.42 Å². The lowest BCUT2D eigenvalue weighted by Gasteiger charge is -2.30. The predicted molar refractivity (Wildman–Crippen MR) is 84.1 cm³/mol. The standard InChI is InChI=1S/C12H21N3O2S2.ClH/c1-10-14-9-12(18-10)19(16,17)15-7-4-11(5-8-15)3-6-13-2;/h9,11,13H,3-8H2,1-2H3;1H. The van der Waals surface area contributed by atoms with Gasteiger partial charge in [0, 0.05) is 13.1 Å². The van der Waals surface area contributed by atoms with E-state index in [1.807, 2.05) is 14.0 Å². The molecule has 1 saturated heterocycles. The van der Waals surface area contributed by atoms with E-state index < -0.39 is 10.0 Å². The van der Waals surface area contributed by atoms with Crippen LogP contribution in [0.25, 0.3) is 0 Å². The Labute approximate surface area is 131 Å². The molecule has 1 N–H and O–H groups in total. The number of aromatic nitrogens is 1. The van der Waals surface area contributed by atoms with Crippen molar-refractivity contribution in [3.63, 3.8) is 0 Å². The molecule has 0 unspecified atom stereocenters. The van der Waals surface area contributed by atoms with Gasteiger partial charge >= 0.3 is 0 Å². The van der Waals surface area contributed by atoms with Gasteiger partial charge in [0.1, 0.15) is 0 Å². The highest BCUT2D eigenvalue weighted by Crippen LogP contribution is 2.27. The van der Waals surface area contributed by atoms with Gasteiger partial charge in [-0.2, -0.15) is 4.31 Å². The Morgan fingerprint density at radius 1 is 1.45 bits per heavy atom. The maximum absolute atomic E-state index is 12.4. The third-order valence-corrected chi connectivity index (χ3v) is 6.82. The van der Waals surface area contributed by atoms with Gasteiger partial charge in [-0.25, -0.2) is 13.4 Å². The summed E-state index contributed by atoms with van der Waals surface area (Å²) in [5.41, 5.74) is 0. The quantitative estimate of drug-likeness (QED) is 0.889. The SMILES string of the molecule is CNCCC1CCN(S(=O)(=O)c2cnc(C)s2)CC1.Cl. The molecule has 2 rings (SSSR count). The fraction of sp³-hybridized carbons (Fsp3) is 0.750. The minimum Gasteiger partial charge on any atom is -0.320 e. The zero-order valence-electron chi connectivity index (χ0n) is 11.8. The molecule has 116 valence electrons. The van der Waals surface area contributed by atoms with Gasteiger partial charge in [0.15, 0.2) is 4.21 Å². The summed E-state index contributed by atoms with van der Waals surface area (Å²) in [6.07, 6.45) is 4.52. The molecule has 0 bridgehead atoms. The van der Waals surface area contributed by atoms with Gasteiger partial charge in [0.25, 0.3) is 10.0 Å². The van der Waals surface area contributed by atoms with Crippen molar-refractivity contribution in [3.05, 3.63) is 11.2 Å². The van der Waals surface area contributed by atoms with Crippen molar-refractivity contribution >= 4 is 33.8 Å². The number of nitrogens with zero attached hydrogens (tertiary/aromatic N) is 2. The number of hydrogen-bond acceptors (Lipinski definition) is 5. The Kier molecular flexibility index (Phi) is 6.87. The van der Waals surface area contributed by atoms with Crippen molar-refractivity contribution in [3.8, 4) is 0 Å². The Balaban J connectivity index is 0.00000200. The van der Waals surface area contributed by atoms with Crippen LogP contribution >= 0.6 is 23.7 Å². The molecule has 0 radical (unpaired) electrons. The minimum absolute atomic E-state index is 0. The molecule has 0 aromatic carbocycles. The van der Waals surface area contributed by atoms with E-state index >= 15 is 0 Å². The molecular weight excluding hydrogens is 318 g/mol. The third-order valence-electron chi connectivity index (χ3n) is 3.57. The molecule has 5 nitrogen and oxygen atoms in total. The molecule has 1 aromatic heterocycles. The van der Waals surface area contributed by atoms with Gasteiger partial charge in [0.05, 0.1) is 11.2 Å². The van der Waals surface area contributed by atoms with Crippen LogP contribution in [0.5, 0.6) is 0 Å². The molecule has 2 heterocycles. The highest BCUT2D eigenvalue weighted by Gasteiger charge is 2.30. The number of piperidine rings is 1. The van der Waals surface area contributed by atoms with Crippen LogP contribution in [0, 0.1) is 12.8 Å². The smallest absolute Gasteiger partial charge is 0.254 e. The maximum Gasteiger partial charge on any atom is 0.254 e. The third kappa shape index (κ3) is 4.14. The largest absolute Gasteiger partial charge is 0.320 e. The van der Waals surface area contributed by atoms with E-state index in [0.717, 1.165) is 30.8 Å². The molecule has 1 aliphatic heterocycles. The lowest BCUT2D eigenvalue weighted by atomic mass is 9.95. The molecule has 20 heavy (non-hydrogen) atoms. The van der Waals surface area contributed by atoms with E-state index in [1.165, 1.54) is 17.5 Å². The minimum atomic E-state index is -3.31. The van der Waals surface area contributed by atoms with E-state index in [2.05, 4.69) is 10.3 Å². The topological polar surface area (TPSA) is 62.3 Å². The fourth-order valence-electron chi connectivity index (χ4n) is 2.38. The predicted octanol–water partition coefficient (Wildman–Crippen LogP) is 1.88. The number of hydrogen-bond donors (Lipinski definition) is 1. The average molecular weight is 340 g/mol. The second-order valence-electron chi connectivity index (χ2n) is 4.94. The average Bonchev–Trinajstić information content (AvgIpc) is 2.84. The van der Waals surface area contributed by atoms with Gasteiger partial charge in [-0.3, -0.25) is 0 Å². The number of sulfonamides is 1. The maximum atomic E-state index is 12.4. The van der Waals surface area contributed by atoms with Crippen LogP contribution in [0.1, 0.15) is 24.3 Å². The van der Waals surface area contributed by atoms with Crippen LogP contribution in [-0.2, 0) is 10.0 Å². The molecule has 0 atom stereocenters. The molecule has 0 spiro atoms. The number of nitrogens with one attached hydrogen (secondary N) is 1. The normalized spacial score (nSPS) is 17.9. The first-order chi connectivity index (χ1) is 9.04. The second kappa shape index (κ2) is 7.70. The summed E-state index contributed by atoms with van der Waals surface area (Å²) >= 11 is 1.25. The van der Waals surface area contributed by atoms with E-state index in [1.54, 1.807) is 4.31 Å². The number of halogens is 1. The molecule has 1 aromatic rings. The van der Waals surface area contributed by atoms with E-state index in [4.69, 9.17) is 0 Å². The van der Waals surface area contributed by atoms with Gasteiger partial charge in [-0.15, -0.1) is 23.7 Å². The highest BCUT2D eigenvalue weighted by molar-refractivity contribution is 7.91. The van der Waals surface area contributed by atoms with Crippen molar-refractivity contribution in [1.29, 1.82) is 0 Å². The zero-order valence-corrected chi connectivity index (χ0v) is 14.3. The lowest BCUT2D eigenvalue weighted by Crippen LogP contribution is -2.38. The Morgan fingerprint density at radius 3 is 2.60 bits per heavy atom. The zero-order chi connectivity index (χ0) is 13.9. The molecule has 1 fully saturated rings. The van der Waals surface area contributed by atoms with Gasteiger partial charge in [-0.1, -0.05) is 0 Å². The molecule has 0 aliphatic carbocycles. The molecule has 8 heteroatoms. The number of aryl methyl sites for hydroxylation is 1. The van der Waals surface area contributed by atoms with Crippen LogP contribution < -0.4 is 5.32 Å². The first-order valence-corrected chi connectivity index (χ1v) is 8.87. The summed E-state index contributed by atoms with van der Waals surface area (Å²) in [7, 11) is -1.36. The van der Waals surface area contributed by atoms with Crippen LogP contribution in [-0.4, -0.2) is 44.4 Å². The first kappa shape index (κ1) is 17.8.